The molecule has 0 bridgehead atoms. The number of thiocarbonyl (C=S) groups is 1. The van der Waals surface area contributed by atoms with Crippen molar-refractivity contribution in [3.63, 3.8) is 0 Å². The standard InChI is InChI=1S/C21H22N4O2S2/c1-3-25(4-2)21(28)29-17(15-11-7-5-8-12-15)18(26)22-20-24-23-19(27-20)16-13-9-6-10-14-16/h5-14,17H,3-4H2,1-2H3,(H,22,24,26). The maximum absolute atomic E-state index is 13.1. The molecule has 6 nitrogen and oxygen atoms in total. The van der Waals surface area contributed by atoms with Crippen LogP contribution in [0.2, 0.25) is 0 Å². The molecule has 1 unspecified atom stereocenters. The van der Waals surface area contributed by atoms with Crippen molar-refractivity contribution in [3.8, 4) is 11.5 Å². The van der Waals surface area contributed by atoms with Gasteiger partial charge < -0.3 is 9.32 Å². The molecule has 0 radical (unpaired) electrons. The number of aromatic nitrogens is 2. The van der Waals surface area contributed by atoms with Crippen molar-refractivity contribution in [1.29, 1.82) is 0 Å². The van der Waals surface area contributed by atoms with Gasteiger partial charge in [0.1, 0.15) is 9.57 Å². The number of hydrogen-bond acceptors (Lipinski definition) is 6. The molecular formula is C21H22N4O2S2. The minimum atomic E-state index is -0.531. The van der Waals surface area contributed by atoms with Crippen LogP contribution in [-0.4, -0.2) is 38.4 Å². The van der Waals surface area contributed by atoms with Gasteiger partial charge in [-0.05, 0) is 31.5 Å². The summed E-state index contributed by atoms with van der Waals surface area (Å²) in [4.78, 5) is 15.1. The van der Waals surface area contributed by atoms with E-state index in [0.29, 0.717) is 10.2 Å². The molecule has 0 aliphatic rings. The van der Waals surface area contributed by atoms with Gasteiger partial charge in [0.2, 0.25) is 11.8 Å². The average molecular weight is 427 g/mol. The molecule has 2 aromatic carbocycles. The predicted octanol–water partition coefficient (Wildman–Crippen LogP) is 4.78. The van der Waals surface area contributed by atoms with E-state index in [1.807, 2.05) is 79.4 Å². The van der Waals surface area contributed by atoms with Gasteiger partial charge in [0.15, 0.2) is 0 Å². The molecule has 8 heteroatoms. The summed E-state index contributed by atoms with van der Waals surface area (Å²) in [6.07, 6.45) is 0. The molecule has 29 heavy (non-hydrogen) atoms. The van der Waals surface area contributed by atoms with E-state index in [4.69, 9.17) is 16.6 Å². The SMILES string of the molecule is CCN(CC)C(=S)SC(C(=O)Nc1nnc(-c2ccccc2)o1)c1ccccc1. The van der Waals surface area contributed by atoms with Gasteiger partial charge in [-0.15, -0.1) is 5.10 Å². The second-order valence-electron chi connectivity index (χ2n) is 6.11. The Morgan fingerprint density at radius 1 is 1.07 bits per heavy atom. The molecule has 1 aromatic heterocycles. The van der Waals surface area contributed by atoms with Crippen molar-refractivity contribution in [2.24, 2.45) is 0 Å². The quantitative estimate of drug-likeness (QED) is 0.545. The monoisotopic (exact) mass is 426 g/mol. The Morgan fingerprint density at radius 3 is 2.31 bits per heavy atom. The second kappa shape index (κ2) is 10.2. The third kappa shape index (κ3) is 5.42. The lowest BCUT2D eigenvalue weighted by Gasteiger charge is -2.24. The molecule has 0 saturated carbocycles. The van der Waals surface area contributed by atoms with Crippen LogP contribution < -0.4 is 5.32 Å². The summed E-state index contributed by atoms with van der Waals surface area (Å²) in [6.45, 7) is 5.65. The number of carbonyl (C=O) groups excluding carboxylic acids is 1. The van der Waals surface area contributed by atoms with Crippen LogP contribution in [0.15, 0.2) is 65.1 Å². The second-order valence-corrected chi connectivity index (χ2v) is 7.85. The molecule has 1 atom stereocenters. The van der Waals surface area contributed by atoms with Crippen molar-refractivity contribution in [3.05, 3.63) is 66.2 Å². The van der Waals surface area contributed by atoms with E-state index in [1.54, 1.807) is 0 Å². The maximum atomic E-state index is 13.1. The topological polar surface area (TPSA) is 71.3 Å². The Balaban J connectivity index is 1.78. The minimum Gasteiger partial charge on any atom is -0.403 e. The van der Waals surface area contributed by atoms with Crippen LogP contribution in [0, 0.1) is 0 Å². The number of hydrogen-bond donors (Lipinski definition) is 1. The number of amides is 1. The molecule has 0 spiro atoms. The molecule has 0 fully saturated rings. The summed E-state index contributed by atoms with van der Waals surface area (Å²) in [7, 11) is 0. The average Bonchev–Trinajstić information content (AvgIpc) is 3.22. The highest BCUT2D eigenvalue weighted by Gasteiger charge is 2.26. The highest BCUT2D eigenvalue weighted by Crippen LogP contribution is 2.32. The van der Waals surface area contributed by atoms with E-state index in [0.717, 1.165) is 24.2 Å². The minimum absolute atomic E-state index is 0.0594. The Hall–Kier alpha value is -2.71. The summed E-state index contributed by atoms with van der Waals surface area (Å²) in [5, 5.41) is 10.2. The predicted molar refractivity (Wildman–Crippen MR) is 121 cm³/mol. The van der Waals surface area contributed by atoms with E-state index in [-0.39, 0.29) is 11.9 Å². The van der Waals surface area contributed by atoms with Crippen LogP contribution in [0.4, 0.5) is 6.01 Å². The number of benzene rings is 2. The molecule has 3 aromatic rings. The summed E-state index contributed by atoms with van der Waals surface area (Å²) in [5.41, 5.74) is 1.64. The van der Waals surface area contributed by atoms with Crippen molar-refractivity contribution in [2.45, 2.75) is 19.1 Å². The molecule has 0 aliphatic carbocycles. The number of nitrogens with zero attached hydrogens (tertiary/aromatic N) is 3. The normalized spacial score (nSPS) is 11.7. The fourth-order valence-electron chi connectivity index (χ4n) is 2.70. The number of thioether (sulfide) groups is 1. The molecule has 0 aliphatic heterocycles. The van der Waals surface area contributed by atoms with Gasteiger partial charge in [0.25, 0.3) is 0 Å². The van der Waals surface area contributed by atoms with Gasteiger partial charge >= 0.3 is 6.01 Å². The summed E-state index contributed by atoms with van der Waals surface area (Å²) < 4.78 is 6.29. The van der Waals surface area contributed by atoms with Crippen molar-refractivity contribution >= 4 is 40.2 Å². The number of carbonyl (C=O) groups is 1. The third-order valence-electron chi connectivity index (χ3n) is 4.26. The van der Waals surface area contributed by atoms with Crippen LogP contribution in [-0.2, 0) is 4.79 Å². The number of rotatable bonds is 7. The Morgan fingerprint density at radius 2 is 1.69 bits per heavy atom. The van der Waals surface area contributed by atoms with Gasteiger partial charge in [-0.3, -0.25) is 10.1 Å². The van der Waals surface area contributed by atoms with Gasteiger partial charge in [0.05, 0.1) is 0 Å². The van der Waals surface area contributed by atoms with Gasteiger partial charge in [-0.25, -0.2) is 0 Å². The van der Waals surface area contributed by atoms with Gasteiger partial charge in [-0.2, -0.15) is 0 Å². The molecule has 1 N–H and O–H groups in total. The highest BCUT2D eigenvalue weighted by atomic mass is 32.2. The Kier molecular flexibility index (Phi) is 7.37. The largest absolute Gasteiger partial charge is 0.403 e. The van der Waals surface area contributed by atoms with Crippen LogP contribution in [0.5, 0.6) is 0 Å². The summed E-state index contributed by atoms with van der Waals surface area (Å²) in [6, 6.07) is 19.0. The van der Waals surface area contributed by atoms with Crippen molar-refractivity contribution in [2.75, 3.05) is 18.4 Å². The molecule has 1 heterocycles. The van der Waals surface area contributed by atoms with Gasteiger partial charge in [-0.1, -0.05) is 77.6 Å². The summed E-state index contributed by atoms with van der Waals surface area (Å²) in [5.74, 6) is 0.0856. The van der Waals surface area contributed by atoms with E-state index in [2.05, 4.69) is 15.5 Å². The first-order valence-electron chi connectivity index (χ1n) is 9.32. The third-order valence-corrected chi connectivity index (χ3v) is 5.99. The number of nitrogens with one attached hydrogen (secondary N) is 1. The zero-order valence-electron chi connectivity index (χ0n) is 16.2. The molecular weight excluding hydrogens is 404 g/mol. The van der Waals surface area contributed by atoms with Crippen LogP contribution in [0.1, 0.15) is 24.7 Å². The lowest BCUT2D eigenvalue weighted by Crippen LogP contribution is -2.29. The lowest BCUT2D eigenvalue weighted by molar-refractivity contribution is -0.115. The zero-order valence-corrected chi connectivity index (χ0v) is 17.9. The van der Waals surface area contributed by atoms with E-state index in [1.165, 1.54) is 11.8 Å². The smallest absolute Gasteiger partial charge is 0.322 e. The first-order chi connectivity index (χ1) is 14.1. The van der Waals surface area contributed by atoms with E-state index >= 15 is 0 Å². The fourth-order valence-corrected chi connectivity index (χ4v) is 4.31. The molecule has 150 valence electrons. The lowest BCUT2D eigenvalue weighted by atomic mass is 10.1. The fraction of sp³-hybridized carbons (Fsp3) is 0.238. The van der Waals surface area contributed by atoms with Crippen LogP contribution in [0.25, 0.3) is 11.5 Å². The van der Waals surface area contributed by atoms with Gasteiger partial charge in [0, 0.05) is 18.7 Å². The zero-order chi connectivity index (χ0) is 20.6. The van der Waals surface area contributed by atoms with E-state index < -0.39 is 5.25 Å². The molecule has 3 rings (SSSR count). The van der Waals surface area contributed by atoms with Crippen LogP contribution >= 0.6 is 24.0 Å². The Bertz CT molecular complexity index is 944. The van der Waals surface area contributed by atoms with Crippen molar-refractivity contribution < 1.29 is 9.21 Å². The highest BCUT2D eigenvalue weighted by molar-refractivity contribution is 8.23. The number of anilines is 1. The molecule has 1 amide bonds. The first-order valence-corrected chi connectivity index (χ1v) is 10.6. The van der Waals surface area contributed by atoms with Crippen LogP contribution in [0.3, 0.4) is 0 Å². The maximum Gasteiger partial charge on any atom is 0.322 e. The first kappa shape index (κ1) is 21.0. The summed E-state index contributed by atoms with van der Waals surface area (Å²) >= 11 is 6.90. The van der Waals surface area contributed by atoms with Crippen molar-refractivity contribution in [1.82, 2.24) is 15.1 Å². The molecule has 0 saturated heterocycles. The van der Waals surface area contributed by atoms with E-state index in [9.17, 15) is 4.79 Å². The Labute approximate surface area is 179 Å².